The number of para-hydroxylation sites is 1. The van der Waals surface area contributed by atoms with E-state index < -0.39 is 0 Å². The first-order chi connectivity index (χ1) is 10.1. The SMILES string of the molecule is O=C(Nc1ccc(Cl)c(Br)c1)c1cccc2c1OCCO2. The smallest absolute Gasteiger partial charge is 0.259 e. The highest BCUT2D eigenvalue weighted by Gasteiger charge is 2.20. The predicted molar refractivity (Wildman–Crippen MR) is 84.5 cm³/mol. The van der Waals surface area contributed by atoms with Gasteiger partial charge in [0.05, 0.1) is 10.6 Å². The number of hydrogen-bond acceptors (Lipinski definition) is 3. The van der Waals surface area contributed by atoms with Gasteiger partial charge in [0.2, 0.25) is 0 Å². The lowest BCUT2D eigenvalue weighted by molar-refractivity contribution is 0.101. The molecule has 0 aromatic heterocycles. The van der Waals surface area contributed by atoms with E-state index in [1.54, 1.807) is 36.4 Å². The van der Waals surface area contributed by atoms with Crippen LogP contribution in [0.4, 0.5) is 5.69 Å². The number of rotatable bonds is 2. The molecule has 108 valence electrons. The normalized spacial score (nSPS) is 12.9. The lowest BCUT2D eigenvalue weighted by Crippen LogP contribution is -2.20. The summed E-state index contributed by atoms with van der Waals surface area (Å²) >= 11 is 9.26. The number of amides is 1. The number of fused-ring (bicyclic) bond motifs is 1. The summed E-state index contributed by atoms with van der Waals surface area (Å²) < 4.78 is 11.7. The predicted octanol–water partition coefficient (Wildman–Crippen LogP) is 4.13. The fraction of sp³-hybridized carbons (Fsp3) is 0.133. The van der Waals surface area contributed by atoms with Crippen LogP contribution in [0.15, 0.2) is 40.9 Å². The molecule has 0 saturated heterocycles. The highest BCUT2D eigenvalue weighted by molar-refractivity contribution is 9.10. The third kappa shape index (κ3) is 2.99. The molecule has 21 heavy (non-hydrogen) atoms. The van der Waals surface area contributed by atoms with E-state index in [2.05, 4.69) is 21.2 Å². The van der Waals surface area contributed by atoms with Crippen LogP contribution in [0.5, 0.6) is 11.5 Å². The van der Waals surface area contributed by atoms with E-state index >= 15 is 0 Å². The quantitative estimate of drug-likeness (QED) is 0.867. The molecule has 1 N–H and O–H groups in total. The van der Waals surface area contributed by atoms with Gasteiger partial charge in [0.1, 0.15) is 13.2 Å². The van der Waals surface area contributed by atoms with E-state index in [4.69, 9.17) is 21.1 Å². The Morgan fingerprint density at radius 2 is 2.00 bits per heavy atom. The van der Waals surface area contributed by atoms with Crippen LogP contribution in [0.2, 0.25) is 5.02 Å². The van der Waals surface area contributed by atoms with Crippen molar-refractivity contribution < 1.29 is 14.3 Å². The highest BCUT2D eigenvalue weighted by atomic mass is 79.9. The standard InChI is InChI=1S/C15H11BrClNO3/c16-11-8-9(4-5-12(11)17)18-15(19)10-2-1-3-13-14(10)21-7-6-20-13/h1-5,8H,6-7H2,(H,18,19). The van der Waals surface area contributed by atoms with Gasteiger partial charge in [-0.25, -0.2) is 0 Å². The van der Waals surface area contributed by atoms with Gasteiger partial charge in [-0.15, -0.1) is 0 Å². The number of benzene rings is 2. The summed E-state index contributed by atoms with van der Waals surface area (Å²) in [5.41, 5.74) is 1.09. The van der Waals surface area contributed by atoms with Crippen molar-refractivity contribution in [3.63, 3.8) is 0 Å². The molecule has 0 unspecified atom stereocenters. The molecule has 2 aromatic rings. The summed E-state index contributed by atoms with van der Waals surface area (Å²) in [4.78, 5) is 12.4. The van der Waals surface area contributed by atoms with Gasteiger partial charge < -0.3 is 14.8 Å². The van der Waals surface area contributed by atoms with Crippen LogP contribution >= 0.6 is 27.5 Å². The molecule has 3 rings (SSSR count). The number of anilines is 1. The summed E-state index contributed by atoms with van der Waals surface area (Å²) in [6.07, 6.45) is 0. The van der Waals surface area contributed by atoms with E-state index in [0.717, 1.165) is 4.47 Å². The molecule has 0 spiro atoms. The minimum Gasteiger partial charge on any atom is -0.486 e. The van der Waals surface area contributed by atoms with Gasteiger partial charge in [0.15, 0.2) is 11.5 Å². The fourth-order valence-electron chi connectivity index (χ4n) is 2.02. The van der Waals surface area contributed by atoms with Crippen LogP contribution in [0.1, 0.15) is 10.4 Å². The summed E-state index contributed by atoms with van der Waals surface area (Å²) in [7, 11) is 0. The minimum atomic E-state index is -0.258. The van der Waals surface area contributed by atoms with Gasteiger partial charge in [0, 0.05) is 10.2 Å². The summed E-state index contributed by atoms with van der Waals surface area (Å²) in [5.74, 6) is 0.812. The molecule has 0 radical (unpaired) electrons. The average Bonchev–Trinajstić information content (AvgIpc) is 2.50. The molecule has 0 fully saturated rings. The van der Waals surface area contributed by atoms with Crippen molar-refractivity contribution in [1.29, 1.82) is 0 Å². The number of hydrogen-bond donors (Lipinski definition) is 1. The molecule has 1 aliphatic rings. The largest absolute Gasteiger partial charge is 0.486 e. The van der Waals surface area contributed by atoms with Gasteiger partial charge in [0.25, 0.3) is 5.91 Å². The van der Waals surface area contributed by atoms with E-state index in [1.165, 1.54) is 0 Å². The molecule has 1 amide bonds. The van der Waals surface area contributed by atoms with E-state index in [1.807, 2.05) is 0 Å². The third-order valence-corrected chi connectivity index (χ3v) is 4.20. The molecule has 2 aromatic carbocycles. The molecule has 6 heteroatoms. The second-order valence-corrected chi connectivity index (χ2v) is 5.67. The topological polar surface area (TPSA) is 47.6 Å². The maximum Gasteiger partial charge on any atom is 0.259 e. The van der Waals surface area contributed by atoms with Crippen LogP contribution < -0.4 is 14.8 Å². The van der Waals surface area contributed by atoms with Crippen LogP contribution in [0.25, 0.3) is 0 Å². The first-order valence-corrected chi connectivity index (χ1v) is 7.47. The maximum absolute atomic E-state index is 12.4. The number of carbonyl (C=O) groups is 1. The van der Waals surface area contributed by atoms with Crippen LogP contribution in [0, 0.1) is 0 Å². The Labute approximate surface area is 135 Å². The Hall–Kier alpha value is -1.72. The molecule has 4 nitrogen and oxygen atoms in total. The van der Waals surface area contributed by atoms with Crippen molar-refractivity contribution in [1.82, 2.24) is 0 Å². The Morgan fingerprint density at radius 3 is 2.81 bits per heavy atom. The number of carbonyl (C=O) groups excluding carboxylic acids is 1. The Bertz CT molecular complexity index is 705. The summed E-state index contributed by atoms with van der Waals surface area (Å²) in [6, 6.07) is 10.4. The van der Waals surface area contributed by atoms with Crippen molar-refractivity contribution in [3.8, 4) is 11.5 Å². The zero-order chi connectivity index (χ0) is 14.8. The summed E-state index contributed by atoms with van der Waals surface area (Å²) in [5, 5.41) is 3.40. The number of ether oxygens (including phenoxy) is 2. The van der Waals surface area contributed by atoms with Crippen molar-refractivity contribution in [2.24, 2.45) is 0 Å². The van der Waals surface area contributed by atoms with Crippen molar-refractivity contribution in [2.45, 2.75) is 0 Å². The highest BCUT2D eigenvalue weighted by Crippen LogP contribution is 2.34. The maximum atomic E-state index is 12.4. The average molecular weight is 369 g/mol. The van der Waals surface area contributed by atoms with Gasteiger partial charge in [-0.05, 0) is 46.3 Å². The third-order valence-electron chi connectivity index (χ3n) is 2.99. The van der Waals surface area contributed by atoms with Crippen molar-refractivity contribution >= 4 is 39.1 Å². The number of nitrogens with one attached hydrogen (secondary N) is 1. The van der Waals surface area contributed by atoms with E-state index in [0.29, 0.717) is 41.0 Å². The zero-order valence-corrected chi connectivity index (χ0v) is 13.2. The Kier molecular flexibility index (Phi) is 4.03. The molecular weight excluding hydrogens is 358 g/mol. The van der Waals surface area contributed by atoms with Crippen LogP contribution in [-0.2, 0) is 0 Å². The second-order valence-electron chi connectivity index (χ2n) is 4.41. The van der Waals surface area contributed by atoms with Crippen molar-refractivity contribution in [3.05, 3.63) is 51.5 Å². The van der Waals surface area contributed by atoms with E-state index in [-0.39, 0.29) is 5.91 Å². The second kappa shape index (κ2) is 5.95. The van der Waals surface area contributed by atoms with Gasteiger partial charge in [-0.3, -0.25) is 4.79 Å². The van der Waals surface area contributed by atoms with Gasteiger partial charge in [-0.1, -0.05) is 17.7 Å². The number of halogens is 2. The van der Waals surface area contributed by atoms with E-state index in [9.17, 15) is 4.79 Å². The lowest BCUT2D eigenvalue weighted by atomic mass is 10.1. The zero-order valence-electron chi connectivity index (χ0n) is 10.9. The molecule has 0 aliphatic carbocycles. The van der Waals surface area contributed by atoms with Gasteiger partial charge in [-0.2, -0.15) is 0 Å². The minimum absolute atomic E-state index is 0.258. The first-order valence-electron chi connectivity index (χ1n) is 6.30. The fourth-order valence-corrected chi connectivity index (χ4v) is 2.52. The lowest BCUT2D eigenvalue weighted by Gasteiger charge is -2.20. The Morgan fingerprint density at radius 1 is 1.19 bits per heavy atom. The molecule has 0 atom stereocenters. The monoisotopic (exact) mass is 367 g/mol. The van der Waals surface area contributed by atoms with Gasteiger partial charge >= 0.3 is 0 Å². The Balaban J connectivity index is 1.87. The molecule has 1 aliphatic heterocycles. The van der Waals surface area contributed by atoms with Crippen molar-refractivity contribution in [2.75, 3.05) is 18.5 Å². The molecule has 0 bridgehead atoms. The van der Waals surface area contributed by atoms with Crippen LogP contribution in [0.3, 0.4) is 0 Å². The summed E-state index contributed by atoms with van der Waals surface area (Å²) in [6.45, 7) is 0.923. The first kappa shape index (κ1) is 14.2. The molecular formula is C15H11BrClNO3. The molecule has 1 heterocycles. The molecule has 0 saturated carbocycles. The van der Waals surface area contributed by atoms with Crippen LogP contribution in [-0.4, -0.2) is 19.1 Å².